The van der Waals surface area contributed by atoms with Crippen molar-refractivity contribution in [2.45, 2.75) is 19.0 Å². The van der Waals surface area contributed by atoms with Crippen molar-refractivity contribution in [3.05, 3.63) is 59.9 Å². The largest absolute Gasteiger partial charge is 0.480 e. The van der Waals surface area contributed by atoms with Crippen LogP contribution in [0.2, 0.25) is 0 Å². The number of hydrogen-bond donors (Lipinski definition) is 3. The van der Waals surface area contributed by atoms with E-state index in [9.17, 15) is 23.5 Å². The predicted octanol–water partition coefficient (Wildman–Crippen LogP) is 1.93. The van der Waals surface area contributed by atoms with Crippen molar-refractivity contribution in [2.24, 2.45) is 0 Å². The van der Waals surface area contributed by atoms with Crippen LogP contribution in [0.5, 0.6) is 0 Å². The van der Waals surface area contributed by atoms with Crippen LogP contribution in [0.4, 0.5) is 14.5 Å². The Bertz CT molecular complexity index is 726. The van der Waals surface area contributed by atoms with Gasteiger partial charge in [-0.25, -0.2) is 8.78 Å². The van der Waals surface area contributed by atoms with Gasteiger partial charge in [-0.2, -0.15) is 0 Å². The number of benzene rings is 1. The second kappa shape index (κ2) is 8.11. The zero-order valence-corrected chi connectivity index (χ0v) is 12.5. The van der Waals surface area contributed by atoms with Crippen molar-refractivity contribution >= 4 is 17.6 Å². The number of anilines is 1. The van der Waals surface area contributed by atoms with Gasteiger partial charge in [-0.1, -0.05) is 6.07 Å². The molecule has 1 heterocycles. The highest BCUT2D eigenvalue weighted by molar-refractivity contribution is 5.94. The van der Waals surface area contributed by atoms with Gasteiger partial charge in [0.15, 0.2) is 0 Å². The van der Waals surface area contributed by atoms with Gasteiger partial charge in [0.2, 0.25) is 5.91 Å². The zero-order valence-electron chi connectivity index (χ0n) is 12.5. The van der Waals surface area contributed by atoms with Crippen molar-refractivity contribution in [3.8, 4) is 0 Å². The van der Waals surface area contributed by atoms with E-state index in [0.717, 1.165) is 17.7 Å². The number of amides is 1. The molecular weight excluding hydrogens is 320 g/mol. The van der Waals surface area contributed by atoms with Gasteiger partial charge in [-0.3, -0.25) is 19.9 Å². The van der Waals surface area contributed by atoms with E-state index in [-0.39, 0.29) is 12.2 Å². The number of pyridine rings is 1. The molecule has 0 spiro atoms. The molecule has 1 aromatic heterocycles. The summed E-state index contributed by atoms with van der Waals surface area (Å²) in [6.45, 7) is 0.211. The van der Waals surface area contributed by atoms with Crippen LogP contribution in [0, 0.1) is 11.6 Å². The third kappa shape index (κ3) is 5.10. The molecule has 1 amide bonds. The van der Waals surface area contributed by atoms with Gasteiger partial charge in [0, 0.05) is 25.0 Å². The fourth-order valence-corrected chi connectivity index (χ4v) is 1.97. The molecule has 8 heteroatoms. The maximum Gasteiger partial charge on any atom is 0.321 e. The molecule has 0 radical (unpaired) electrons. The molecule has 1 atom stereocenters. The van der Waals surface area contributed by atoms with E-state index in [1.807, 2.05) is 0 Å². The highest BCUT2D eigenvalue weighted by Gasteiger charge is 2.21. The zero-order chi connectivity index (χ0) is 17.5. The van der Waals surface area contributed by atoms with Crippen LogP contribution in [0.3, 0.4) is 0 Å². The number of carbonyl (C=O) groups is 2. The molecule has 0 aliphatic rings. The van der Waals surface area contributed by atoms with Gasteiger partial charge in [-0.15, -0.1) is 0 Å². The second-order valence-corrected chi connectivity index (χ2v) is 5.01. The Hall–Kier alpha value is -2.87. The summed E-state index contributed by atoms with van der Waals surface area (Å²) in [5.74, 6) is -3.62. The van der Waals surface area contributed by atoms with Gasteiger partial charge < -0.3 is 10.4 Å². The van der Waals surface area contributed by atoms with Gasteiger partial charge in [0.25, 0.3) is 0 Å². The molecule has 0 bridgehead atoms. The lowest BCUT2D eigenvalue weighted by Gasteiger charge is -2.14. The third-order valence-electron chi connectivity index (χ3n) is 3.17. The summed E-state index contributed by atoms with van der Waals surface area (Å²) >= 11 is 0. The molecule has 0 saturated carbocycles. The summed E-state index contributed by atoms with van der Waals surface area (Å²) in [7, 11) is 0. The number of carbonyl (C=O) groups excluding carboxylic acids is 1. The fourth-order valence-electron chi connectivity index (χ4n) is 1.97. The van der Waals surface area contributed by atoms with E-state index in [0.29, 0.717) is 6.07 Å². The molecule has 1 aromatic carbocycles. The number of nitrogens with zero attached hydrogens (tertiary/aromatic N) is 1. The minimum Gasteiger partial charge on any atom is -0.480 e. The van der Waals surface area contributed by atoms with Gasteiger partial charge in [0.05, 0.1) is 12.1 Å². The van der Waals surface area contributed by atoms with Crippen LogP contribution in [0.15, 0.2) is 42.7 Å². The number of aliphatic carboxylic acids is 1. The highest BCUT2D eigenvalue weighted by atomic mass is 19.1. The van der Waals surface area contributed by atoms with Crippen LogP contribution in [-0.2, 0) is 16.1 Å². The van der Waals surface area contributed by atoms with Crippen molar-refractivity contribution in [3.63, 3.8) is 0 Å². The van der Waals surface area contributed by atoms with E-state index in [2.05, 4.69) is 15.6 Å². The number of carboxylic acid groups (broad SMARTS) is 1. The second-order valence-electron chi connectivity index (χ2n) is 5.01. The Kier molecular flexibility index (Phi) is 5.91. The van der Waals surface area contributed by atoms with Crippen LogP contribution >= 0.6 is 0 Å². The molecule has 1 unspecified atom stereocenters. The molecule has 0 aliphatic heterocycles. The average molecular weight is 335 g/mol. The Morgan fingerprint density at radius 3 is 2.67 bits per heavy atom. The quantitative estimate of drug-likeness (QED) is 0.719. The summed E-state index contributed by atoms with van der Waals surface area (Å²) < 4.78 is 26.3. The van der Waals surface area contributed by atoms with Crippen LogP contribution in [-0.4, -0.2) is 28.0 Å². The first-order valence-electron chi connectivity index (χ1n) is 7.05. The molecule has 24 heavy (non-hydrogen) atoms. The summed E-state index contributed by atoms with van der Waals surface area (Å²) in [6.07, 6.45) is 2.75. The minimum absolute atomic E-state index is 0.210. The molecule has 126 valence electrons. The van der Waals surface area contributed by atoms with E-state index in [4.69, 9.17) is 0 Å². The summed E-state index contributed by atoms with van der Waals surface area (Å²) in [5.41, 5.74) is 0.548. The monoisotopic (exact) mass is 335 g/mol. The molecular formula is C16H15F2N3O3. The number of halogens is 2. The SMILES string of the molecule is O=C(CC(NCc1cccnc1)C(=O)O)Nc1ccc(F)cc1F. The third-order valence-corrected chi connectivity index (χ3v) is 3.17. The first-order chi connectivity index (χ1) is 11.5. The topological polar surface area (TPSA) is 91.3 Å². The van der Waals surface area contributed by atoms with Gasteiger partial charge >= 0.3 is 5.97 Å². The molecule has 0 saturated heterocycles. The predicted molar refractivity (Wildman–Crippen MR) is 82.1 cm³/mol. The van der Waals surface area contributed by atoms with Gasteiger partial charge in [-0.05, 0) is 23.8 Å². The van der Waals surface area contributed by atoms with E-state index >= 15 is 0 Å². The van der Waals surface area contributed by atoms with Crippen molar-refractivity contribution in [1.29, 1.82) is 0 Å². The number of rotatable bonds is 7. The standard InChI is InChI=1S/C16H15F2N3O3/c17-11-3-4-13(12(18)6-11)21-15(22)7-14(16(23)24)20-9-10-2-1-5-19-8-10/h1-6,8,14,20H,7,9H2,(H,21,22)(H,23,24). The maximum absolute atomic E-state index is 13.5. The fraction of sp³-hybridized carbons (Fsp3) is 0.188. The summed E-state index contributed by atoms with van der Waals surface area (Å²) in [4.78, 5) is 27.0. The molecule has 0 fully saturated rings. The molecule has 0 aliphatic carbocycles. The highest BCUT2D eigenvalue weighted by Crippen LogP contribution is 2.15. The van der Waals surface area contributed by atoms with Gasteiger partial charge in [0.1, 0.15) is 17.7 Å². The summed E-state index contributed by atoms with van der Waals surface area (Å²) in [5, 5.41) is 14.1. The van der Waals surface area contributed by atoms with Crippen LogP contribution in [0.1, 0.15) is 12.0 Å². The molecule has 2 rings (SSSR count). The molecule has 2 aromatic rings. The molecule has 3 N–H and O–H groups in total. The van der Waals surface area contributed by atoms with Crippen molar-refractivity contribution < 1.29 is 23.5 Å². The number of nitrogens with one attached hydrogen (secondary N) is 2. The van der Waals surface area contributed by atoms with E-state index in [1.165, 1.54) is 0 Å². The first-order valence-corrected chi connectivity index (χ1v) is 7.05. The Labute approximate surface area is 136 Å². The number of aromatic nitrogens is 1. The Balaban J connectivity index is 1.94. The smallest absolute Gasteiger partial charge is 0.321 e. The number of hydrogen-bond acceptors (Lipinski definition) is 4. The number of carboxylic acids is 1. The Morgan fingerprint density at radius 2 is 2.04 bits per heavy atom. The van der Waals surface area contributed by atoms with Crippen molar-refractivity contribution in [1.82, 2.24) is 10.3 Å². The average Bonchev–Trinajstić information content (AvgIpc) is 2.55. The normalized spacial score (nSPS) is 11.8. The minimum atomic E-state index is -1.21. The molecule has 6 nitrogen and oxygen atoms in total. The van der Waals surface area contributed by atoms with Crippen LogP contribution < -0.4 is 10.6 Å². The van der Waals surface area contributed by atoms with E-state index in [1.54, 1.807) is 24.5 Å². The first kappa shape index (κ1) is 17.5. The van der Waals surface area contributed by atoms with Crippen LogP contribution in [0.25, 0.3) is 0 Å². The lowest BCUT2D eigenvalue weighted by Crippen LogP contribution is -2.39. The van der Waals surface area contributed by atoms with E-state index < -0.39 is 36.0 Å². The summed E-state index contributed by atoms with van der Waals surface area (Å²) in [6, 6.07) is 5.00. The maximum atomic E-state index is 13.5. The Morgan fingerprint density at radius 1 is 1.25 bits per heavy atom. The lowest BCUT2D eigenvalue weighted by molar-refractivity contribution is -0.141. The van der Waals surface area contributed by atoms with Crippen molar-refractivity contribution in [2.75, 3.05) is 5.32 Å². The lowest BCUT2D eigenvalue weighted by atomic mass is 10.1.